The third-order valence-corrected chi connectivity index (χ3v) is 4.07. The summed E-state index contributed by atoms with van der Waals surface area (Å²) >= 11 is 4.20. The summed E-state index contributed by atoms with van der Waals surface area (Å²) in [4.78, 5) is 23.1. The molecule has 0 spiro atoms. The lowest BCUT2D eigenvalue weighted by molar-refractivity contribution is 0.655. The molecule has 2 heterocycles. The first-order valence-corrected chi connectivity index (χ1v) is 8.64. The molecule has 0 fully saturated rings. The van der Waals surface area contributed by atoms with Gasteiger partial charge < -0.3 is 16.8 Å². The molecule has 26 heavy (non-hydrogen) atoms. The van der Waals surface area contributed by atoms with Gasteiger partial charge in [-0.2, -0.15) is 0 Å². The zero-order valence-corrected chi connectivity index (χ0v) is 15.0. The van der Waals surface area contributed by atoms with Gasteiger partial charge in [-0.25, -0.2) is 4.98 Å². The molecule has 0 bridgehead atoms. The van der Waals surface area contributed by atoms with Crippen LogP contribution in [-0.4, -0.2) is 33.4 Å². The van der Waals surface area contributed by atoms with Gasteiger partial charge in [-0.1, -0.05) is 24.3 Å². The molecule has 2 aromatic heterocycles. The Morgan fingerprint density at radius 3 is 2.77 bits per heavy atom. The van der Waals surface area contributed by atoms with Gasteiger partial charge in [-0.05, 0) is 24.1 Å². The molecule has 8 nitrogen and oxygen atoms in total. The first-order chi connectivity index (χ1) is 12.5. The maximum absolute atomic E-state index is 12.3. The fourth-order valence-corrected chi connectivity index (χ4v) is 2.81. The summed E-state index contributed by atoms with van der Waals surface area (Å²) in [6.45, 7) is 2.17. The van der Waals surface area contributed by atoms with Crippen molar-refractivity contribution in [3.05, 3.63) is 52.6 Å². The van der Waals surface area contributed by atoms with Crippen LogP contribution in [0.4, 0.5) is 0 Å². The van der Waals surface area contributed by atoms with Crippen molar-refractivity contribution in [2.75, 3.05) is 13.1 Å². The molecule has 0 aliphatic rings. The van der Waals surface area contributed by atoms with Crippen LogP contribution in [0.1, 0.15) is 12.0 Å². The standard InChI is InChI=1S/C17H21N7OS/c18-16(19)21-7-1-6-20-8-11-2-4-12(5-3-11)13-9-24-10-14(26)22-17(24)23-15(13)25/h2-5,9-10,20,26H,1,6-8H2,(H4,18,19,21)(H,22,23,25). The number of aliphatic imine (C=N–C) groups is 1. The number of nitrogens with two attached hydrogens (primary N) is 2. The Hall–Kier alpha value is -2.78. The number of nitrogens with zero attached hydrogens (tertiary/aromatic N) is 3. The van der Waals surface area contributed by atoms with Crippen LogP contribution in [0.15, 0.2) is 51.5 Å². The highest BCUT2D eigenvalue weighted by atomic mass is 32.1. The lowest BCUT2D eigenvalue weighted by Gasteiger charge is -2.06. The van der Waals surface area contributed by atoms with E-state index >= 15 is 0 Å². The zero-order valence-electron chi connectivity index (χ0n) is 14.1. The largest absolute Gasteiger partial charge is 0.370 e. The number of H-pyrrole nitrogens is 1. The van der Waals surface area contributed by atoms with E-state index in [2.05, 4.69) is 32.9 Å². The summed E-state index contributed by atoms with van der Waals surface area (Å²) in [5.41, 5.74) is 12.9. The molecule has 1 aromatic carbocycles. The van der Waals surface area contributed by atoms with E-state index in [9.17, 15) is 4.79 Å². The smallest absolute Gasteiger partial charge is 0.260 e. The van der Waals surface area contributed by atoms with E-state index in [1.54, 1.807) is 16.8 Å². The SMILES string of the molecule is NC(N)=NCCCNCc1ccc(-c2cn3cc(S)nc3[nH]c2=O)cc1. The Bertz CT molecular complexity index is 971. The van der Waals surface area contributed by atoms with Gasteiger partial charge in [0.15, 0.2) is 5.96 Å². The molecule has 136 valence electrons. The fraction of sp³-hybridized carbons (Fsp3) is 0.235. The minimum Gasteiger partial charge on any atom is -0.370 e. The third kappa shape index (κ3) is 4.44. The number of guanidine groups is 1. The van der Waals surface area contributed by atoms with Crippen LogP contribution in [0.2, 0.25) is 0 Å². The minimum atomic E-state index is -0.179. The maximum Gasteiger partial charge on any atom is 0.260 e. The van der Waals surface area contributed by atoms with Crippen LogP contribution in [-0.2, 0) is 6.54 Å². The number of hydrogen-bond acceptors (Lipinski definition) is 5. The van der Waals surface area contributed by atoms with E-state index in [-0.39, 0.29) is 11.5 Å². The van der Waals surface area contributed by atoms with Crippen LogP contribution in [0.25, 0.3) is 16.9 Å². The van der Waals surface area contributed by atoms with Crippen molar-refractivity contribution in [1.29, 1.82) is 0 Å². The molecule has 3 aromatic rings. The number of aromatic amines is 1. The topological polar surface area (TPSA) is 127 Å². The van der Waals surface area contributed by atoms with E-state index in [1.807, 2.05) is 24.3 Å². The van der Waals surface area contributed by atoms with Gasteiger partial charge in [-0.3, -0.25) is 19.2 Å². The lowest BCUT2D eigenvalue weighted by atomic mass is 10.1. The number of thiol groups is 1. The Kier molecular flexibility index (Phi) is 5.59. The molecule has 0 amide bonds. The Balaban J connectivity index is 1.63. The van der Waals surface area contributed by atoms with Gasteiger partial charge in [0.1, 0.15) is 5.03 Å². The first kappa shape index (κ1) is 18.0. The fourth-order valence-electron chi connectivity index (χ4n) is 2.59. The second kappa shape index (κ2) is 8.07. The second-order valence-electron chi connectivity index (χ2n) is 5.86. The summed E-state index contributed by atoms with van der Waals surface area (Å²) in [6.07, 6.45) is 4.37. The molecular formula is C17H21N7OS. The maximum atomic E-state index is 12.3. The summed E-state index contributed by atoms with van der Waals surface area (Å²) in [6, 6.07) is 7.87. The third-order valence-electron chi connectivity index (χ3n) is 3.86. The highest BCUT2D eigenvalue weighted by Crippen LogP contribution is 2.17. The van der Waals surface area contributed by atoms with E-state index in [1.165, 1.54) is 0 Å². The van der Waals surface area contributed by atoms with Gasteiger partial charge in [0, 0.05) is 25.5 Å². The van der Waals surface area contributed by atoms with Crippen molar-refractivity contribution >= 4 is 24.4 Å². The summed E-state index contributed by atoms with van der Waals surface area (Å²) in [5, 5.41) is 3.89. The van der Waals surface area contributed by atoms with E-state index in [0.717, 1.165) is 30.6 Å². The predicted molar refractivity (Wildman–Crippen MR) is 106 cm³/mol. The second-order valence-corrected chi connectivity index (χ2v) is 6.32. The van der Waals surface area contributed by atoms with E-state index < -0.39 is 0 Å². The van der Waals surface area contributed by atoms with Gasteiger partial charge in [-0.15, -0.1) is 12.6 Å². The number of aromatic nitrogens is 3. The number of benzene rings is 1. The van der Waals surface area contributed by atoms with Crippen LogP contribution in [0.3, 0.4) is 0 Å². The van der Waals surface area contributed by atoms with Crippen LogP contribution in [0.5, 0.6) is 0 Å². The van der Waals surface area contributed by atoms with Crippen LogP contribution >= 0.6 is 12.6 Å². The molecule has 0 aliphatic carbocycles. The minimum absolute atomic E-state index is 0.120. The van der Waals surface area contributed by atoms with Crippen molar-refractivity contribution in [3.8, 4) is 11.1 Å². The molecule has 0 atom stereocenters. The molecule has 0 saturated carbocycles. The Morgan fingerprint density at radius 1 is 1.27 bits per heavy atom. The number of imidazole rings is 1. The van der Waals surface area contributed by atoms with Gasteiger partial charge in [0.25, 0.3) is 5.56 Å². The van der Waals surface area contributed by atoms with Crippen molar-refractivity contribution < 1.29 is 0 Å². The van der Waals surface area contributed by atoms with Gasteiger partial charge in [0.2, 0.25) is 5.78 Å². The van der Waals surface area contributed by atoms with E-state index in [0.29, 0.717) is 22.9 Å². The predicted octanol–water partition coefficient (Wildman–Crippen LogP) is 0.731. The van der Waals surface area contributed by atoms with Gasteiger partial charge >= 0.3 is 0 Å². The average molecular weight is 371 g/mol. The highest BCUT2D eigenvalue weighted by Gasteiger charge is 2.07. The van der Waals surface area contributed by atoms with Gasteiger partial charge in [0.05, 0.1) is 5.56 Å². The molecule has 0 saturated heterocycles. The summed E-state index contributed by atoms with van der Waals surface area (Å²) in [7, 11) is 0. The number of rotatable bonds is 7. The molecule has 0 radical (unpaired) electrons. The monoisotopic (exact) mass is 371 g/mol. The van der Waals surface area contributed by atoms with Crippen LogP contribution in [0, 0.1) is 0 Å². The number of hydrogen-bond donors (Lipinski definition) is 5. The number of fused-ring (bicyclic) bond motifs is 1. The lowest BCUT2D eigenvalue weighted by Crippen LogP contribution is -2.23. The normalized spacial score (nSPS) is 11.0. The van der Waals surface area contributed by atoms with Crippen LogP contribution < -0.4 is 22.3 Å². The van der Waals surface area contributed by atoms with Crippen molar-refractivity contribution in [2.45, 2.75) is 18.0 Å². The van der Waals surface area contributed by atoms with E-state index in [4.69, 9.17) is 11.5 Å². The van der Waals surface area contributed by atoms with Crippen molar-refractivity contribution in [3.63, 3.8) is 0 Å². The Labute approximate surface area is 155 Å². The quantitative estimate of drug-likeness (QED) is 0.181. The molecule has 6 N–H and O–H groups in total. The Morgan fingerprint density at radius 2 is 2.04 bits per heavy atom. The van der Waals surface area contributed by atoms with Crippen molar-refractivity contribution in [1.82, 2.24) is 19.7 Å². The number of nitrogens with one attached hydrogen (secondary N) is 2. The summed E-state index contributed by atoms with van der Waals surface area (Å²) in [5.74, 6) is 0.598. The molecule has 9 heteroatoms. The molecule has 0 unspecified atom stereocenters. The summed E-state index contributed by atoms with van der Waals surface area (Å²) < 4.78 is 1.76. The zero-order chi connectivity index (χ0) is 18.5. The molecular weight excluding hydrogens is 350 g/mol. The molecule has 3 rings (SSSR count). The van der Waals surface area contributed by atoms with Crippen molar-refractivity contribution in [2.24, 2.45) is 16.5 Å². The molecule has 0 aliphatic heterocycles. The first-order valence-electron chi connectivity index (χ1n) is 8.19. The highest BCUT2D eigenvalue weighted by molar-refractivity contribution is 7.80. The average Bonchev–Trinajstić information content (AvgIpc) is 2.96.